The van der Waals surface area contributed by atoms with Gasteiger partial charge in [0, 0.05) is 5.56 Å². The molecule has 120 valence electrons. The standard InChI is InChI=1S/C22H23N2/c1-13-9-15(3)16(4)18(10-13)20-12-23-22-19(24(20)5)11-17-8-6-7-14(2)21(17)22/h6-10,12H,11H2,1-5H3/q+1. The van der Waals surface area contributed by atoms with E-state index < -0.39 is 0 Å². The fourth-order valence-electron chi connectivity index (χ4n) is 3.95. The van der Waals surface area contributed by atoms with Crippen molar-refractivity contribution in [2.24, 2.45) is 7.05 Å². The highest BCUT2D eigenvalue weighted by molar-refractivity contribution is 5.75. The number of hydrogen-bond donors (Lipinski definition) is 0. The van der Waals surface area contributed by atoms with Crippen LogP contribution in [0.1, 0.15) is 33.5 Å². The van der Waals surface area contributed by atoms with Crippen LogP contribution in [0.2, 0.25) is 0 Å². The van der Waals surface area contributed by atoms with Crippen molar-refractivity contribution in [3.05, 3.63) is 70.0 Å². The monoisotopic (exact) mass is 315 g/mol. The van der Waals surface area contributed by atoms with Crippen molar-refractivity contribution in [3.63, 3.8) is 0 Å². The van der Waals surface area contributed by atoms with Crippen molar-refractivity contribution in [1.82, 2.24) is 4.98 Å². The Morgan fingerprint density at radius 2 is 1.79 bits per heavy atom. The molecule has 0 saturated heterocycles. The molecular formula is C22H23N2+. The second kappa shape index (κ2) is 5.27. The van der Waals surface area contributed by atoms with Gasteiger partial charge in [-0.05, 0) is 56.0 Å². The maximum atomic E-state index is 4.88. The van der Waals surface area contributed by atoms with Gasteiger partial charge in [0.2, 0.25) is 11.4 Å². The molecule has 2 aromatic carbocycles. The Bertz CT molecular complexity index is 984. The van der Waals surface area contributed by atoms with Gasteiger partial charge < -0.3 is 0 Å². The Labute approximate surface area is 143 Å². The minimum Gasteiger partial charge on any atom is -0.243 e. The van der Waals surface area contributed by atoms with Crippen LogP contribution in [0.5, 0.6) is 0 Å². The normalized spacial score (nSPS) is 12.2. The Morgan fingerprint density at radius 3 is 2.58 bits per heavy atom. The summed E-state index contributed by atoms with van der Waals surface area (Å²) in [4.78, 5) is 4.88. The summed E-state index contributed by atoms with van der Waals surface area (Å²) in [5, 5.41) is 0. The quantitative estimate of drug-likeness (QED) is 0.476. The van der Waals surface area contributed by atoms with Gasteiger partial charge in [0.25, 0.3) is 0 Å². The summed E-state index contributed by atoms with van der Waals surface area (Å²) in [6.07, 6.45) is 3.01. The highest BCUT2D eigenvalue weighted by Crippen LogP contribution is 2.36. The summed E-state index contributed by atoms with van der Waals surface area (Å²) in [5.74, 6) is 0. The van der Waals surface area contributed by atoms with Crippen molar-refractivity contribution in [2.75, 3.05) is 0 Å². The van der Waals surface area contributed by atoms with Crippen LogP contribution in [-0.4, -0.2) is 4.98 Å². The predicted molar refractivity (Wildman–Crippen MR) is 98.0 cm³/mol. The molecule has 3 aromatic rings. The van der Waals surface area contributed by atoms with E-state index in [0.717, 1.165) is 12.1 Å². The average Bonchev–Trinajstić information content (AvgIpc) is 2.92. The molecule has 1 aliphatic rings. The zero-order valence-electron chi connectivity index (χ0n) is 15.1. The minimum atomic E-state index is 0.966. The minimum absolute atomic E-state index is 0.966. The number of nitrogens with zero attached hydrogens (tertiary/aromatic N) is 2. The third-order valence-electron chi connectivity index (χ3n) is 5.40. The van der Waals surface area contributed by atoms with Gasteiger partial charge in [-0.25, -0.2) is 4.98 Å². The summed E-state index contributed by atoms with van der Waals surface area (Å²) in [5.41, 5.74) is 13.0. The fourth-order valence-corrected chi connectivity index (χ4v) is 3.95. The maximum absolute atomic E-state index is 4.88. The lowest BCUT2D eigenvalue weighted by molar-refractivity contribution is -0.667. The maximum Gasteiger partial charge on any atom is 0.231 e. The van der Waals surface area contributed by atoms with E-state index in [-0.39, 0.29) is 0 Å². The lowest BCUT2D eigenvalue weighted by Gasteiger charge is -2.10. The van der Waals surface area contributed by atoms with Crippen LogP contribution in [0.25, 0.3) is 22.5 Å². The molecule has 0 radical (unpaired) electrons. The molecule has 0 unspecified atom stereocenters. The van der Waals surface area contributed by atoms with Crippen molar-refractivity contribution >= 4 is 0 Å². The number of hydrogen-bond acceptors (Lipinski definition) is 1. The first-order chi connectivity index (χ1) is 11.5. The third-order valence-corrected chi connectivity index (χ3v) is 5.40. The van der Waals surface area contributed by atoms with Gasteiger partial charge in [-0.1, -0.05) is 29.8 Å². The zero-order valence-corrected chi connectivity index (χ0v) is 15.1. The van der Waals surface area contributed by atoms with E-state index in [1.807, 2.05) is 6.20 Å². The van der Waals surface area contributed by atoms with E-state index in [0.29, 0.717) is 0 Å². The lowest BCUT2D eigenvalue weighted by Crippen LogP contribution is -2.36. The number of aromatic nitrogens is 2. The number of fused-ring (bicyclic) bond motifs is 3. The van der Waals surface area contributed by atoms with Crippen molar-refractivity contribution < 1.29 is 4.57 Å². The third kappa shape index (κ3) is 2.10. The number of benzene rings is 2. The van der Waals surface area contributed by atoms with Gasteiger partial charge in [0.15, 0.2) is 0 Å². The van der Waals surface area contributed by atoms with E-state index >= 15 is 0 Å². The van der Waals surface area contributed by atoms with Gasteiger partial charge in [-0.15, -0.1) is 0 Å². The lowest BCUT2D eigenvalue weighted by atomic mass is 9.97. The molecule has 2 heteroatoms. The van der Waals surface area contributed by atoms with Gasteiger partial charge in [-0.2, -0.15) is 4.57 Å². The van der Waals surface area contributed by atoms with Gasteiger partial charge in [0.05, 0.1) is 12.0 Å². The zero-order chi connectivity index (χ0) is 17.0. The van der Waals surface area contributed by atoms with E-state index in [1.54, 1.807) is 0 Å². The van der Waals surface area contributed by atoms with Crippen molar-refractivity contribution in [3.8, 4) is 22.5 Å². The molecule has 0 N–H and O–H groups in total. The molecule has 0 aliphatic heterocycles. The molecule has 1 aromatic heterocycles. The Morgan fingerprint density at radius 1 is 1.00 bits per heavy atom. The molecule has 4 rings (SSSR count). The molecule has 1 aliphatic carbocycles. The van der Waals surface area contributed by atoms with Crippen LogP contribution in [0.15, 0.2) is 36.5 Å². The first kappa shape index (κ1) is 15.1. The fraction of sp³-hybridized carbons (Fsp3) is 0.273. The first-order valence-electron chi connectivity index (χ1n) is 8.52. The van der Waals surface area contributed by atoms with Crippen LogP contribution >= 0.6 is 0 Å². The largest absolute Gasteiger partial charge is 0.243 e. The van der Waals surface area contributed by atoms with E-state index in [9.17, 15) is 0 Å². The van der Waals surface area contributed by atoms with Crippen LogP contribution in [0.3, 0.4) is 0 Å². The topological polar surface area (TPSA) is 16.8 Å². The van der Waals surface area contributed by atoms with E-state index in [4.69, 9.17) is 4.98 Å². The highest BCUT2D eigenvalue weighted by atomic mass is 15.0. The van der Waals surface area contributed by atoms with Crippen LogP contribution < -0.4 is 4.57 Å². The summed E-state index contributed by atoms with van der Waals surface area (Å²) in [6.45, 7) is 8.73. The molecular weight excluding hydrogens is 292 g/mol. The molecule has 0 atom stereocenters. The molecule has 24 heavy (non-hydrogen) atoms. The SMILES string of the molecule is Cc1cc(C)c(C)c(-c2cnc3c([n+]2C)Cc2cccc(C)c2-3)c1. The molecule has 1 heterocycles. The Balaban J connectivity index is 1.95. The Kier molecular flexibility index (Phi) is 3.31. The average molecular weight is 315 g/mol. The van der Waals surface area contributed by atoms with Gasteiger partial charge in [-0.3, -0.25) is 0 Å². The molecule has 0 amide bonds. The Hall–Kier alpha value is -2.48. The number of aryl methyl sites for hydroxylation is 3. The van der Waals surface area contributed by atoms with Crippen molar-refractivity contribution in [1.29, 1.82) is 0 Å². The second-order valence-corrected chi connectivity index (χ2v) is 7.04. The summed E-state index contributed by atoms with van der Waals surface area (Å²) in [7, 11) is 2.17. The highest BCUT2D eigenvalue weighted by Gasteiger charge is 2.31. The summed E-state index contributed by atoms with van der Waals surface area (Å²) >= 11 is 0. The molecule has 0 saturated carbocycles. The van der Waals surface area contributed by atoms with Crippen LogP contribution in [0, 0.1) is 27.7 Å². The molecule has 0 spiro atoms. The first-order valence-corrected chi connectivity index (χ1v) is 8.52. The smallest absolute Gasteiger partial charge is 0.231 e. The van der Waals surface area contributed by atoms with Crippen LogP contribution in [-0.2, 0) is 13.5 Å². The van der Waals surface area contributed by atoms with Crippen LogP contribution in [0.4, 0.5) is 0 Å². The second-order valence-electron chi connectivity index (χ2n) is 7.04. The summed E-state index contributed by atoms with van der Waals surface area (Å²) < 4.78 is 2.34. The van der Waals surface area contributed by atoms with Crippen molar-refractivity contribution in [2.45, 2.75) is 34.1 Å². The summed E-state index contributed by atoms with van der Waals surface area (Å²) in [6, 6.07) is 11.1. The number of rotatable bonds is 1. The van der Waals surface area contributed by atoms with E-state index in [1.165, 1.54) is 50.3 Å². The van der Waals surface area contributed by atoms with E-state index in [2.05, 4.69) is 69.6 Å². The molecule has 0 bridgehead atoms. The molecule has 2 nitrogen and oxygen atoms in total. The van der Waals surface area contributed by atoms with Gasteiger partial charge in [0.1, 0.15) is 18.9 Å². The molecule has 0 fully saturated rings. The van der Waals surface area contributed by atoms with Gasteiger partial charge >= 0.3 is 0 Å². The predicted octanol–water partition coefficient (Wildman–Crippen LogP) is 4.38.